The number of halogens is 1. The van der Waals surface area contributed by atoms with Crippen LogP contribution in [-0.2, 0) is 18.4 Å². The van der Waals surface area contributed by atoms with Crippen molar-refractivity contribution < 1.29 is 4.39 Å². The lowest BCUT2D eigenvalue weighted by Gasteiger charge is -2.30. The highest BCUT2D eigenvalue weighted by Gasteiger charge is 2.31. The van der Waals surface area contributed by atoms with E-state index >= 15 is 0 Å². The Hall–Kier alpha value is -1.67. The van der Waals surface area contributed by atoms with E-state index in [4.69, 9.17) is 5.73 Å². The molecule has 0 amide bonds. The molecule has 2 aromatic rings. The van der Waals surface area contributed by atoms with Crippen molar-refractivity contribution in [2.45, 2.75) is 37.6 Å². The summed E-state index contributed by atoms with van der Waals surface area (Å²) < 4.78 is 13.0. The van der Waals surface area contributed by atoms with E-state index in [9.17, 15) is 4.39 Å². The Balaban J connectivity index is 1.96. The molecule has 2 aromatic carbocycles. The number of benzene rings is 2. The van der Waals surface area contributed by atoms with Gasteiger partial charge in [0, 0.05) is 5.54 Å². The van der Waals surface area contributed by atoms with E-state index in [2.05, 4.69) is 24.3 Å². The highest BCUT2D eigenvalue weighted by Crippen LogP contribution is 2.34. The molecule has 3 rings (SSSR count). The van der Waals surface area contributed by atoms with Crippen LogP contribution in [0.4, 0.5) is 4.39 Å². The van der Waals surface area contributed by atoms with Crippen LogP contribution in [-0.4, -0.2) is 0 Å². The Bertz CT molecular complexity index is 591. The third-order valence-electron chi connectivity index (χ3n) is 4.31. The van der Waals surface area contributed by atoms with Crippen molar-refractivity contribution in [1.29, 1.82) is 0 Å². The third-order valence-corrected chi connectivity index (χ3v) is 4.31. The first-order valence-electron chi connectivity index (χ1n) is 7.29. The van der Waals surface area contributed by atoms with Gasteiger partial charge in [0.15, 0.2) is 0 Å². The molecule has 0 saturated heterocycles. The van der Waals surface area contributed by atoms with Crippen LogP contribution >= 0.6 is 0 Å². The maximum absolute atomic E-state index is 13.0. The molecule has 2 heteroatoms. The zero-order valence-electron chi connectivity index (χ0n) is 11.6. The lowest BCUT2D eigenvalue weighted by molar-refractivity contribution is 0.398. The van der Waals surface area contributed by atoms with Crippen LogP contribution in [0.5, 0.6) is 0 Å². The van der Waals surface area contributed by atoms with Crippen molar-refractivity contribution in [3.8, 4) is 0 Å². The van der Waals surface area contributed by atoms with Gasteiger partial charge < -0.3 is 5.73 Å². The molecule has 0 fully saturated rings. The monoisotopic (exact) mass is 269 g/mol. The molecule has 0 spiro atoms. The molecular formula is C18H20FN. The Kier molecular flexibility index (Phi) is 3.58. The minimum Gasteiger partial charge on any atom is -0.321 e. The van der Waals surface area contributed by atoms with Crippen LogP contribution in [0.25, 0.3) is 0 Å². The van der Waals surface area contributed by atoms with Crippen molar-refractivity contribution in [2.75, 3.05) is 0 Å². The van der Waals surface area contributed by atoms with Gasteiger partial charge in [0.2, 0.25) is 0 Å². The van der Waals surface area contributed by atoms with Gasteiger partial charge in [0.25, 0.3) is 0 Å². The lowest BCUT2D eigenvalue weighted by atomic mass is 9.80. The second-order valence-electron chi connectivity index (χ2n) is 5.82. The van der Waals surface area contributed by atoms with Crippen LogP contribution in [0.15, 0.2) is 48.5 Å². The molecule has 0 bridgehead atoms. The Morgan fingerprint density at radius 1 is 1.00 bits per heavy atom. The lowest BCUT2D eigenvalue weighted by Crippen LogP contribution is -2.39. The van der Waals surface area contributed by atoms with E-state index in [1.165, 1.54) is 29.7 Å². The zero-order chi connectivity index (χ0) is 14.0. The molecule has 1 unspecified atom stereocenters. The summed E-state index contributed by atoms with van der Waals surface area (Å²) in [7, 11) is 0. The maximum atomic E-state index is 13.0. The number of nitrogens with two attached hydrogens (primary N) is 1. The van der Waals surface area contributed by atoms with E-state index in [-0.39, 0.29) is 11.4 Å². The predicted octanol–water partition coefficient (Wildman–Crippen LogP) is 3.95. The van der Waals surface area contributed by atoms with Crippen molar-refractivity contribution in [2.24, 2.45) is 5.73 Å². The fourth-order valence-corrected chi connectivity index (χ4v) is 3.26. The van der Waals surface area contributed by atoms with Gasteiger partial charge in [-0.1, -0.05) is 42.8 Å². The van der Waals surface area contributed by atoms with Crippen LogP contribution < -0.4 is 5.73 Å². The SMILES string of the molecule is NC1(Cc2ccc(F)cc2)CCCCc2ccccc21. The minimum atomic E-state index is -0.328. The topological polar surface area (TPSA) is 26.0 Å². The number of hydrogen-bond donors (Lipinski definition) is 1. The molecule has 0 saturated carbocycles. The van der Waals surface area contributed by atoms with Gasteiger partial charge in [-0.3, -0.25) is 0 Å². The average molecular weight is 269 g/mol. The minimum absolute atomic E-state index is 0.193. The number of hydrogen-bond acceptors (Lipinski definition) is 1. The quantitative estimate of drug-likeness (QED) is 0.821. The fraction of sp³-hybridized carbons (Fsp3) is 0.333. The molecule has 0 radical (unpaired) electrons. The van der Waals surface area contributed by atoms with E-state index in [0.717, 1.165) is 31.2 Å². The first kappa shape index (κ1) is 13.3. The van der Waals surface area contributed by atoms with Crippen LogP contribution in [0, 0.1) is 5.82 Å². The molecular weight excluding hydrogens is 249 g/mol. The largest absolute Gasteiger partial charge is 0.321 e. The van der Waals surface area contributed by atoms with Crippen LogP contribution in [0.3, 0.4) is 0 Å². The molecule has 104 valence electrons. The van der Waals surface area contributed by atoms with E-state index in [1.807, 2.05) is 12.1 Å². The summed E-state index contributed by atoms with van der Waals surface area (Å²) in [6, 6.07) is 15.2. The van der Waals surface area contributed by atoms with Crippen molar-refractivity contribution in [1.82, 2.24) is 0 Å². The van der Waals surface area contributed by atoms with Crippen molar-refractivity contribution >= 4 is 0 Å². The number of rotatable bonds is 2. The van der Waals surface area contributed by atoms with Gasteiger partial charge in [0.1, 0.15) is 5.82 Å². The van der Waals surface area contributed by atoms with Gasteiger partial charge in [-0.25, -0.2) is 4.39 Å². The molecule has 0 heterocycles. The molecule has 2 N–H and O–H groups in total. The summed E-state index contributed by atoms with van der Waals surface area (Å²) in [6.07, 6.45) is 5.20. The summed E-state index contributed by atoms with van der Waals surface area (Å²) in [5, 5.41) is 0. The summed E-state index contributed by atoms with van der Waals surface area (Å²) in [5.74, 6) is -0.193. The summed E-state index contributed by atoms with van der Waals surface area (Å²) in [6.45, 7) is 0. The van der Waals surface area contributed by atoms with Gasteiger partial charge in [-0.2, -0.15) is 0 Å². The van der Waals surface area contributed by atoms with Gasteiger partial charge in [0.05, 0.1) is 0 Å². The second kappa shape index (κ2) is 5.37. The normalized spacial score (nSPS) is 22.1. The second-order valence-corrected chi connectivity index (χ2v) is 5.82. The van der Waals surface area contributed by atoms with Crippen LogP contribution in [0.1, 0.15) is 36.0 Å². The summed E-state index contributed by atoms with van der Waals surface area (Å²) in [4.78, 5) is 0. The smallest absolute Gasteiger partial charge is 0.123 e. The van der Waals surface area contributed by atoms with Gasteiger partial charge in [-0.15, -0.1) is 0 Å². The Morgan fingerprint density at radius 2 is 1.75 bits per heavy atom. The summed E-state index contributed by atoms with van der Waals surface area (Å²) >= 11 is 0. The first-order chi connectivity index (χ1) is 9.67. The highest BCUT2D eigenvalue weighted by atomic mass is 19.1. The molecule has 1 aliphatic carbocycles. The molecule has 0 aliphatic heterocycles. The standard InChI is InChI=1S/C18H20FN/c19-16-10-8-14(9-11-16)13-18(20)12-4-3-6-15-5-1-2-7-17(15)18/h1-2,5,7-11H,3-4,6,12-13,20H2. The van der Waals surface area contributed by atoms with Crippen molar-refractivity contribution in [3.05, 3.63) is 71.0 Å². The number of aryl methyl sites for hydroxylation is 1. The van der Waals surface area contributed by atoms with E-state index < -0.39 is 0 Å². The molecule has 1 atom stereocenters. The average Bonchev–Trinajstić information content (AvgIpc) is 2.62. The number of fused-ring (bicyclic) bond motifs is 1. The fourth-order valence-electron chi connectivity index (χ4n) is 3.26. The van der Waals surface area contributed by atoms with Crippen molar-refractivity contribution in [3.63, 3.8) is 0 Å². The Morgan fingerprint density at radius 3 is 2.55 bits per heavy atom. The first-order valence-corrected chi connectivity index (χ1v) is 7.29. The highest BCUT2D eigenvalue weighted by molar-refractivity contribution is 5.36. The maximum Gasteiger partial charge on any atom is 0.123 e. The molecule has 20 heavy (non-hydrogen) atoms. The zero-order valence-corrected chi connectivity index (χ0v) is 11.6. The molecule has 0 aromatic heterocycles. The van der Waals surface area contributed by atoms with Gasteiger partial charge in [-0.05, 0) is 54.5 Å². The molecule has 1 nitrogen and oxygen atoms in total. The van der Waals surface area contributed by atoms with E-state index in [0.29, 0.717) is 0 Å². The summed E-state index contributed by atoms with van der Waals surface area (Å²) in [5.41, 5.74) is 10.2. The Labute approximate surface area is 119 Å². The van der Waals surface area contributed by atoms with Gasteiger partial charge >= 0.3 is 0 Å². The predicted molar refractivity (Wildman–Crippen MR) is 80.0 cm³/mol. The van der Waals surface area contributed by atoms with Crippen LogP contribution in [0.2, 0.25) is 0 Å². The molecule has 1 aliphatic rings. The van der Waals surface area contributed by atoms with E-state index in [1.54, 1.807) is 0 Å². The third kappa shape index (κ3) is 2.61.